The minimum absolute atomic E-state index is 0.119. The SMILES string of the molecule is COC(=O)C(C)(C)Nc1ccc(CCN[C@@H](C)[C@H](O)c2ccc(O)cc2)cc1. The van der Waals surface area contributed by atoms with Gasteiger partial charge in [-0.2, -0.15) is 0 Å². The molecule has 0 bridgehead atoms. The van der Waals surface area contributed by atoms with Gasteiger partial charge in [0.1, 0.15) is 11.3 Å². The maximum absolute atomic E-state index is 11.8. The van der Waals surface area contributed by atoms with Crippen LogP contribution >= 0.6 is 0 Å². The molecule has 0 saturated heterocycles. The number of benzene rings is 2. The molecule has 0 amide bonds. The molecule has 0 aromatic heterocycles. The van der Waals surface area contributed by atoms with Gasteiger partial charge in [0.05, 0.1) is 13.2 Å². The smallest absolute Gasteiger partial charge is 0.330 e. The highest BCUT2D eigenvalue weighted by molar-refractivity contribution is 5.83. The predicted molar refractivity (Wildman–Crippen MR) is 110 cm³/mol. The van der Waals surface area contributed by atoms with Gasteiger partial charge >= 0.3 is 5.97 Å². The molecule has 2 rings (SSSR count). The number of nitrogens with one attached hydrogen (secondary N) is 2. The van der Waals surface area contributed by atoms with Gasteiger partial charge in [-0.25, -0.2) is 4.79 Å². The van der Waals surface area contributed by atoms with Crippen molar-refractivity contribution in [2.45, 2.75) is 44.9 Å². The fraction of sp³-hybridized carbons (Fsp3) is 0.409. The number of phenols is 1. The second-order valence-corrected chi connectivity index (χ2v) is 7.47. The number of ether oxygens (including phenoxy) is 1. The Hall–Kier alpha value is -2.57. The lowest BCUT2D eigenvalue weighted by molar-refractivity contribution is -0.144. The second kappa shape index (κ2) is 9.57. The van der Waals surface area contributed by atoms with Crippen LogP contribution < -0.4 is 10.6 Å². The molecule has 0 fully saturated rings. The number of anilines is 1. The number of aliphatic hydroxyl groups excluding tert-OH is 1. The maximum atomic E-state index is 11.8. The van der Waals surface area contributed by atoms with E-state index in [-0.39, 0.29) is 17.8 Å². The van der Waals surface area contributed by atoms with Crippen molar-refractivity contribution in [2.24, 2.45) is 0 Å². The maximum Gasteiger partial charge on any atom is 0.330 e. The van der Waals surface area contributed by atoms with E-state index >= 15 is 0 Å². The Morgan fingerprint density at radius 1 is 1.11 bits per heavy atom. The summed E-state index contributed by atoms with van der Waals surface area (Å²) in [5, 5.41) is 26.2. The largest absolute Gasteiger partial charge is 0.508 e. The Bertz CT molecular complexity index is 757. The number of hydrogen-bond acceptors (Lipinski definition) is 6. The summed E-state index contributed by atoms with van der Waals surface area (Å²) < 4.78 is 4.80. The molecule has 6 nitrogen and oxygen atoms in total. The third-order valence-corrected chi connectivity index (χ3v) is 4.69. The van der Waals surface area contributed by atoms with Gasteiger partial charge in [0.25, 0.3) is 0 Å². The molecule has 0 aliphatic heterocycles. The molecule has 0 aliphatic carbocycles. The van der Waals surface area contributed by atoms with Crippen LogP contribution in [0.3, 0.4) is 0 Å². The summed E-state index contributed by atoms with van der Waals surface area (Å²) in [4.78, 5) is 11.8. The third-order valence-electron chi connectivity index (χ3n) is 4.69. The number of rotatable bonds is 9. The molecule has 0 radical (unpaired) electrons. The highest BCUT2D eigenvalue weighted by Crippen LogP contribution is 2.20. The van der Waals surface area contributed by atoms with E-state index in [1.165, 1.54) is 7.11 Å². The number of aliphatic hydroxyl groups is 1. The molecule has 0 heterocycles. The lowest BCUT2D eigenvalue weighted by Crippen LogP contribution is -2.41. The van der Waals surface area contributed by atoms with Crippen molar-refractivity contribution in [3.05, 3.63) is 59.7 Å². The predicted octanol–water partition coefficient (Wildman–Crippen LogP) is 3.01. The topological polar surface area (TPSA) is 90.8 Å². The number of esters is 1. The minimum atomic E-state index is -0.794. The van der Waals surface area contributed by atoms with Gasteiger partial charge in [0, 0.05) is 11.7 Å². The molecule has 6 heteroatoms. The monoisotopic (exact) mass is 386 g/mol. The van der Waals surface area contributed by atoms with E-state index in [0.29, 0.717) is 0 Å². The van der Waals surface area contributed by atoms with Crippen molar-refractivity contribution >= 4 is 11.7 Å². The second-order valence-electron chi connectivity index (χ2n) is 7.47. The molecular weight excluding hydrogens is 356 g/mol. The molecule has 0 saturated carbocycles. The first kappa shape index (κ1) is 21.7. The van der Waals surface area contributed by atoms with Crippen molar-refractivity contribution in [3.8, 4) is 5.75 Å². The number of carbonyl (C=O) groups is 1. The Kier molecular flexibility index (Phi) is 7.43. The fourth-order valence-corrected chi connectivity index (χ4v) is 2.94. The molecule has 28 heavy (non-hydrogen) atoms. The Balaban J connectivity index is 1.83. The molecule has 2 atom stereocenters. The van der Waals surface area contributed by atoms with Crippen molar-refractivity contribution in [1.29, 1.82) is 0 Å². The quantitative estimate of drug-likeness (QED) is 0.495. The van der Waals surface area contributed by atoms with E-state index in [1.54, 1.807) is 38.1 Å². The molecule has 4 N–H and O–H groups in total. The lowest BCUT2D eigenvalue weighted by Gasteiger charge is -2.24. The standard InChI is InChI=1S/C22H30N2O4/c1-15(20(26)17-7-11-19(25)12-8-17)23-14-13-16-5-9-18(10-6-16)24-22(2,3)21(27)28-4/h5-12,15,20,23-26H,13-14H2,1-4H3/t15-,20-/m0/s1. The van der Waals surface area contributed by atoms with Crippen LogP contribution in [0.5, 0.6) is 5.75 Å². The van der Waals surface area contributed by atoms with Crippen molar-refractivity contribution in [2.75, 3.05) is 19.0 Å². The molecule has 2 aromatic rings. The van der Waals surface area contributed by atoms with Gasteiger partial charge < -0.3 is 25.6 Å². The number of aromatic hydroxyl groups is 1. The average Bonchev–Trinajstić information content (AvgIpc) is 2.68. The first-order valence-electron chi connectivity index (χ1n) is 9.39. The van der Waals surface area contributed by atoms with Gasteiger partial charge in [-0.15, -0.1) is 0 Å². The highest BCUT2D eigenvalue weighted by Gasteiger charge is 2.28. The Morgan fingerprint density at radius 2 is 1.71 bits per heavy atom. The zero-order valence-electron chi connectivity index (χ0n) is 16.9. The van der Waals surface area contributed by atoms with Gasteiger partial charge in [0.15, 0.2) is 0 Å². The number of methoxy groups -OCH3 is 1. The molecule has 0 aliphatic rings. The van der Waals surface area contributed by atoms with Crippen LogP contribution in [-0.2, 0) is 16.0 Å². The molecule has 0 unspecified atom stereocenters. The van der Waals surface area contributed by atoms with Crippen LogP contribution in [0.4, 0.5) is 5.69 Å². The van der Waals surface area contributed by atoms with E-state index in [0.717, 1.165) is 29.8 Å². The average molecular weight is 386 g/mol. The van der Waals surface area contributed by atoms with Crippen molar-refractivity contribution in [3.63, 3.8) is 0 Å². The zero-order valence-corrected chi connectivity index (χ0v) is 16.9. The summed E-state index contributed by atoms with van der Waals surface area (Å²) in [6.07, 6.45) is 0.167. The zero-order chi connectivity index (χ0) is 20.7. The van der Waals surface area contributed by atoms with Crippen LogP contribution in [0.25, 0.3) is 0 Å². The van der Waals surface area contributed by atoms with Crippen LogP contribution in [0.15, 0.2) is 48.5 Å². The van der Waals surface area contributed by atoms with Crippen LogP contribution in [0, 0.1) is 0 Å². The Morgan fingerprint density at radius 3 is 2.29 bits per heavy atom. The van der Waals surface area contributed by atoms with E-state index in [2.05, 4.69) is 10.6 Å². The lowest BCUT2D eigenvalue weighted by atomic mass is 10.0. The third kappa shape index (κ3) is 5.97. The number of carbonyl (C=O) groups excluding carboxylic acids is 1. The minimum Gasteiger partial charge on any atom is -0.508 e. The van der Waals surface area contributed by atoms with Crippen molar-refractivity contribution in [1.82, 2.24) is 5.32 Å². The number of hydrogen-bond donors (Lipinski definition) is 4. The highest BCUT2D eigenvalue weighted by atomic mass is 16.5. The molecule has 0 spiro atoms. The summed E-state index contributed by atoms with van der Waals surface area (Å²) in [6, 6.07) is 14.4. The van der Waals surface area contributed by atoms with Gasteiger partial charge in [0.2, 0.25) is 0 Å². The van der Waals surface area contributed by atoms with Gasteiger partial charge in [-0.3, -0.25) is 0 Å². The van der Waals surface area contributed by atoms with Crippen LogP contribution in [0.1, 0.15) is 38.0 Å². The van der Waals surface area contributed by atoms with Crippen LogP contribution in [0.2, 0.25) is 0 Å². The van der Waals surface area contributed by atoms with E-state index < -0.39 is 11.6 Å². The van der Waals surface area contributed by atoms with Gasteiger partial charge in [-0.1, -0.05) is 24.3 Å². The molecule has 2 aromatic carbocycles. The summed E-state index contributed by atoms with van der Waals surface area (Å²) >= 11 is 0. The first-order chi connectivity index (χ1) is 13.2. The van der Waals surface area contributed by atoms with Crippen molar-refractivity contribution < 1.29 is 19.7 Å². The summed E-state index contributed by atoms with van der Waals surface area (Å²) in [7, 11) is 1.38. The fourth-order valence-electron chi connectivity index (χ4n) is 2.94. The van der Waals surface area contributed by atoms with E-state index in [4.69, 9.17) is 4.74 Å². The van der Waals surface area contributed by atoms with E-state index in [9.17, 15) is 15.0 Å². The summed E-state index contributed by atoms with van der Waals surface area (Å²) in [5.74, 6) is -0.133. The summed E-state index contributed by atoms with van der Waals surface area (Å²) in [6.45, 7) is 6.20. The Labute approximate surface area is 166 Å². The normalized spacial score (nSPS) is 13.6. The molecular formula is C22H30N2O4. The van der Waals surface area contributed by atoms with Gasteiger partial charge in [-0.05, 0) is 69.1 Å². The first-order valence-corrected chi connectivity index (χ1v) is 9.39. The molecule has 152 valence electrons. The summed E-state index contributed by atoms with van der Waals surface area (Å²) in [5.41, 5.74) is 1.97. The van der Waals surface area contributed by atoms with Crippen LogP contribution in [-0.4, -0.2) is 41.4 Å². The van der Waals surface area contributed by atoms with E-state index in [1.807, 2.05) is 31.2 Å². The number of phenolic OH excluding ortho intramolecular Hbond substituents is 1.